The number of hydrogen-bond acceptors (Lipinski definition) is 4. The van der Waals surface area contributed by atoms with Gasteiger partial charge in [0.05, 0.1) is 4.90 Å². The highest BCUT2D eigenvalue weighted by molar-refractivity contribution is 7.89. The van der Waals surface area contributed by atoms with Crippen molar-refractivity contribution in [3.8, 4) is 0 Å². The summed E-state index contributed by atoms with van der Waals surface area (Å²) in [7, 11) is -3.49. The van der Waals surface area contributed by atoms with Crippen LogP contribution in [0.15, 0.2) is 29.2 Å². The van der Waals surface area contributed by atoms with E-state index in [0.29, 0.717) is 19.6 Å². The van der Waals surface area contributed by atoms with Crippen LogP contribution in [0.2, 0.25) is 0 Å². The summed E-state index contributed by atoms with van der Waals surface area (Å²) < 4.78 is 26.4. The largest absolute Gasteiger partial charge is 0.352 e. The van der Waals surface area contributed by atoms with Gasteiger partial charge < -0.3 is 11.1 Å². The highest BCUT2D eigenvalue weighted by Gasteiger charge is 2.35. The number of hydrogen-bond donors (Lipinski definition) is 2. The molecule has 6 nitrogen and oxygen atoms in total. The predicted octanol–water partition coefficient (Wildman–Crippen LogP) is 0.290. The molecule has 0 spiro atoms. The van der Waals surface area contributed by atoms with Crippen molar-refractivity contribution in [1.29, 1.82) is 0 Å². The lowest BCUT2D eigenvalue weighted by Gasteiger charge is -2.16. The van der Waals surface area contributed by atoms with Gasteiger partial charge in [0.15, 0.2) is 0 Å². The first-order valence-corrected chi connectivity index (χ1v) is 8.34. The number of carbonyl (C=O) groups excluding carboxylic acids is 1. The number of nitrogens with one attached hydrogen (secondary N) is 1. The number of nitrogens with two attached hydrogens (primary N) is 1. The minimum absolute atomic E-state index is 0.112. The van der Waals surface area contributed by atoms with Gasteiger partial charge in [0, 0.05) is 32.6 Å². The maximum atomic E-state index is 12.5. The fourth-order valence-corrected chi connectivity index (χ4v) is 3.88. The molecule has 1 saturated heterocycles. The maximum absolute atomic E-state index is 12.5. The van der Waals surface area contributed by atoms with E-state index in [1.807, 2.05) is 6.92 Å². The molecule has 1 aliphatic heterocycles. The molecule has 1 heterocycles. The number of rotatable bonds is 4. The lowest BCUT2D eigenvalue weighted by atomic mass is 10.1. The number of carbonyl (C=O) groups is 1. The minimum Gasteiger partial charge on any atom is -0.352 e. The van der Waals surface area contributed by atoms with Crippen molar-refractivity contribution in [2.45, 2.75) is 31.3 Å². The molecule has 2 unspecified atom stereocenters. The Balaban J connectivity index is 2.12. The van der Waals surface area contributed by atoms with Crippen LogP contribution in [-0.2, 0) is 21.4 Å². The quantitative estimate of drug-likeness (QED) is 0.836. The van der Waals surface area contributed by atoms with Crippen LogP contribution in [0.4, 0.5) is 0 Å². The molecule has 3 N–H and O–H groups in total. The van der Waals surface area contributed by atoms with E-state index in [2.05, 4.69) is 5.32 Å². The van der Waals surface area contributed by atoms with Crippen molar-refractivity contribution in [3.63, 3.8) is 0 Å². The Labute approximate surface area is 125 Å². The average molecular weight is 311 g/mol. The van der Waals surface area contributed by atoms with Crippen molar-refractivity contribution in [2.75, 3.05) is 13.1 Å². The second-order valence-electron chi connectivity index (χ2n) is 5.52. The average Bonchev–Trinajstić information content (AvgIpc) is 2.77. The van der Waals surface area contributed by atoms with Gasteiger partial charge in [0.25, 0.3) is 0 Å². The smallest absolute Gasteiger partial charge is 0.243 e. The van der Waals surface area contributed by atoms with Gasteiger partial charge in [-0.25, -0.2) is 8.42 Å². The summed E-state index contributed by atoms with van der Waals surface area (Å²) in [6.45, 7) is 4.60. The van der Waals surface area contributed by atoms with Crippen molar-refractivity contribution in [2.24, 2.45) is 11.7 Å². The molecule has 0 radical (unpaired) electrons. The molecule has 0 saturated carbocycles. The van der Waals surface area contributed by atoms with Crippen molar-refractivity contribution >= 4 is 15.9 Å². The zero-order chi connectivity index (χ0) is 15.6. The van der Waals surface area contributed by atoms with Crippen LogP contribution in [0.5, 0.6) is 0 Å². The summed E-state index contributed by atoms with van der Waals surface area (Å²) in [6.07, 6.45) is 0. The van der Waals surface area contributed by atoms with Gasteiger partial charge in [-0.15, -0.1) is 0 Å². The molecular formula is C14H21N3O3S. The summed E-state index contributed by atoms with van der Waals surface area (Å²) in [5, 5.41) is 2.67. The van der Waals surface area contributed by atoms with E-state index in [0.717, 1.165) is 5.56 Å². The van der Waals surface area contributed by atoms with E-state index in [-0.39, 0.29) is 22.8 Å². The van der Waals surface area contributed by atoms with Gasteiger partial charge in [-0.2, -0.15) is 4.31 Å². The fourth-order valence-electron chi connectivity index (χ4n) is 2.30. The molecule has 7 heteroatoms. The molecule has 1 amide bonds. The molecule has 1 aliphatic rings. The van der Waals surface area contributed by atoms with Gasteiger partial charge >= 0.3 is 0 Å². The number of sulfonamides is 1. The van der Waals surface area contributed by atoms with Gasteiger partial charge in [0.1, 0.15) is 0 Å². The van der Waals surface area contributed by atoms with Gasteiger partial charge in [0.2, 0.25) is 15.9 Å². The van der Waals surface area contributed by atoms with Crippen LogP contribution >= 0.6 is 0 Å². The zero-order valence-electron chi connectivity index (χ0n) is 12.2. The zero-order valence-corrected chi connectivity index (χ0v) is 13.1. The standard InChI is InChI=1S/C14H21N3O3S/c1-10-8-17(9-14(10)15)21(19,20)13-5-3-12(4-6-13)7-16-11(2)18/h3-6,10,14H,7-9,15H2,1-2H3,(H,16,18). The molecule has 2 atom stereocenters. The van der Waals surface area contributed by atoms with E-state index in [9.17, 15) is 13.2 Å². The first kappa shape index (κ1) is 15.9. The lowest BCUT2D eigenvalue weighted by Crippen LogP contribution is -2.32. The van der Waals surface area contributed by atoms with Crippen LogP contribution < -0.4 is 11.1 Å². The van der Waals surface area contributed by atoms with Crippen molar-refractivity contribution in [1.82, 2.24) is 9.62 Å². The van der Waals surface area contributed by atoms with Crippen LogP contribution in [0.25, 0.3) is 0 Å². The van der Waals surface area contributed by atoms with Crippen molar-refractivity contribution in [3.05, 3.63) is 29.8 Å². The number of amides is 1. The summed E-state index contributed by atoms with van der Waals surface area (Å²) in [6, 6.07) is 6.45. The third-order valence-electron chi connectivity index (χ3n) is 3.74. The molecule has 0 bridgehead atoms. The molecule has 1 aromatic carbocycles. The Morgan fingerprint density at radius 1 is 1.33 bits per heavy atom. The first-order valence-electron chi connectivity index (χ1n) is 6.90. The molecule has 116 valence electrons. The van der Waals surface area contributed by atoms with Crippen LogP contribution in [0.1, 0.15) is 19.4 Å². The Kier molecular flexibility index (Phi) is 4.65. The topological polar surface area (TPSA) is 92.5 Å². The lowest BCUT2D eigenvalue weighted by molar-refractivity contribution is -0.119. The van der Waals surface area contributed by atoms with E-state index < -0.39 is 10.0 Å². The Morgan fingerprint density at radius 2 is 1.95 bits per heavy atom. The van der Waals surface area contributed by atoms with Crippen molar-refractivity contribution < 1.29 is 13.2 Å². The molecule has 0 aromatic heterocycles. The van der Waals surface area contributed by atoms with Gasteiger partial charge in [-0.1, -0.05) is 19.1 Å². The monoisotopic (exact) mass is 311 g/mol. The van der Waals surface area contributed by atoms with Crippen LogP contribution in [0, 0.1) is 5.92 Å². The molecule has 1 aromatic rings. The Hall–Kier alpha value is -1.44. The van der Waals surface area contributed by atoms with Gasteiger partial charge in [-0.3, -0.25) is 4.79 Å². The van der Waals surface area contributed by atoms with E-state index in [1.165, 1.54) is 11.2 Å². The highest BCUT2D eigenvalue weighted by atomic mass is 32.2. The second-order valence-corrected chi connectivity index (χ2v) is 7.45. The summed E-state index contributed by atoms with van der Waals surface area (Å²) in [4.78, 5) is 11.1. The molecule has 21 heavy (non-hydrogen) atoms. The van der Waals surface area contributed by atoms with E-state index in [4.69, 9.17) is 5.73 Å². The SMILES string of the molecule is CC(=O)NCc1ccc(S(=O)(=O)N2CC(C)C(N)C2)cc1. The summed E-state index contributed by atoms with van der Waals surface area (Å²) in [5.74, 6) is 0.0468. The Bertz CT molecular complexity index is 603. The van der Waals surface area contributed by atoms with E-state index in [1.54, 1.807) is 24.3 Å². The first-order chi connectivity index (χ1) is 9.80. The highest BCUT2D eigenvalue weighted by Crippen LogP contribution is 2.23. The normalized spacial score (nSPS) is 23.2. The summed E-state index contributed by atoms with van der Waals surface area (Å²) in [5.41, 5.74) is 6.75. The maximum Gasteiger partial charge on any atom is 0.243 e. The molecular weight excluding hydrogens is 290 g/mol. The summed E-state index contributed by atoms with van der Waals surface area (Å²) >= 11 is 0. The van der Waals surface area contributed by atoms with E-state index >= 15 is 0 Å². The fraction of sp³-hybridized carbons (Fsp3) is 0.500. The molecule has 2 rings (SSSR count). The van der Waals surface area contributed by atoms with Crippen LogP contribution in [0.3, 0.4) is 0 Å². The third-order valence-corrected chi connectivity index (χ3v) is 5.59. The molecule has 1 fully saturated rings. The van der Waals surface area contributed by atoms with Crippen LogP contribution in [-0.4, -0.2) is 37.8 Å². The minimum atomic E-state index is -3.49. The third kappa shape index (κ3) is 3.61. The Morgan fingerprint density at radius 3 is 2.43 bits per heavy atom. The molecule has 0 aliphatic carbocycles. The predicted molar refractivity (Wildman–Crippen MR) is 79.9 cm³/mol. The number of nitrogens with zero attached hydrogens (tertiary/aromatic N) is 1. The second kappa shape index (κ2) is 6.13. The van der Waals surface area contributed by atoms with Gasteiger partial charge in [-0.05, 0) is 23.6 Å². The number of benzene rings is 1.